The van der Waals surface area contributed by atoms with Gasteiger partial charge in [0.2, 0.25) is 5.91 Å². The maximum atomic E-state index is 13.1. The van der Waals surface area contributed by atoms with Crippen LogP contribution in [0.15, 0.2) is 41.5 Å². The Balaban J connectivity index is 1.74. The summed E-state index contributed by atoms with van der Waals surface area (Å²) in [4.78, 5) is 27.9. The molecule has 3 rings (SSSR count). The van der Waals surface area contributed by atoms with Gasteiger partial charge in [-0.25, -0.2) is 23.3 Å². The second kappa shape index (κ2) is 6.40. The number of halogens is 2. The molecule has 24 heavy (non-hydrogen) atoms. The first-order valence-corrected chi connectivity index (χ1v) is 7.47. The van der Waals surface area contributed by atoms with Crippen LogP contribution in [0.1, 0.15) is 18.5 Å². The third-order valence-corrected chi connectivity index (χ3v) is 3.70. The topological polar surface area (TPSA) is 81.3 Å². The Morgan fingerprint density at radius 2 is 2.08 bits per heavy atom. The second-order valence-corrected chi connectivity index (χ2v) is 5.66. The number of hydrogen-bond donors (Lipinski definition) is 1. The van der Waals surface area contributed by atoms with Crippen molar-refractivity contribution in [3.63, 3.8) is 0 Å². The molecule has 0 saturated carbocycles. The van der Waals surface area contributed by atoms with Gasteiger partial charge in [0.1, 0.15) is 6.54 Å². The molecule has 0 unspecified atom stereocenters. The molecule has 2 heterocycles. The highest BCUT2D eigenvalue weighted by Gasteiger charge is 2.14. The molecular formula is C15H13ClFN5O2. The number of aromatic nitrogens is 4. The highest BCUT2D eigenvalue weighted by Crippen LogP contribution is 2.15. The van der Waals surface area contributed by atoms with E-state index < -0.39 is 17.4 Å². The number of amides is 1. The maximum absolute atomic E-state index is 13.1. The fourth-order valence-electron chi connectivity index (χ4n) is 2.25. The van der Waals surface area contributed by atoms with Crippen LogP contribution in [-0.2, 0) is 11.3 Å². The zero-order valence-corrected chi connectivity index (χ0v) is 13.4. The Kier molecular flexibility index (Phi) is 4.30. The van der Waals surface area contributed by atoms with Crippen molar-refractivity contribution < 1.29 is 9.18 Å². The summed E-state index contributed by atoms with van der Waals surface area (Å²) in [5, 5.41) is 7.26. The Hall–Kier alpha value is -2.74. The van der Waals surface area contributed by atoms with Crippen molar-refractivity contribution in [1.82, 2.24) is 24.5 Å². The van der Waals surface area contributed by atoms with Crippen LogP contribution in [0.4, 0.5) is 4.39 Å². The van der Waals surface area contributed by atoms with Crippen LogP contribution in [0, 0.1) is 5.82 Å². The summed E-state index contributed by atoms with van der Waals surface area (Å²) in [5.74, 6) is -1.03. The van der Waals surface area contributed by atoms with E-state index in [1.54, 1.807) is 24.3 Å². The fourth-order valence-corrected chi connectivity index (χ4v) is 2.37. The standard InChI is InChI=1S/C15H13ClFN5O2/c1-9(10-2-4-11(16)5-3-10)19-13(23)8-22-15(24)21-7-12(17)6-18-14(21)20-22/h2-7,9H,8H2,1H3,(H,19,23)/t9-/m0/s1. The third-order valence-electron chi connectivity index (χ3n) is 3.45. The van der Waals surface area contributed by atoms with Crippen molar-refractivity contribution in [2.45, 2.75) is 19.5 Å². The van der Waals surface area contributed by atoms with E-state index >= 15 is 0 Å². The van der Waals surface area contributed by atoms with E-state index in [1.165, 1.54) is 0 Å². The Bertz CT molecular complexity index is 951. The van der Waals surface area contributed by atoms with E-state index in [4.69, 9.17) is 11.6 Å². The quantitative estimate of drug-likeness (QED) is 0.775. The van der Waals surface area contributed by atoms with Gasteiger partial charge in [0.15, 0.2) is 5.82 Å². The van der Waals surface area contributed by atoms with Crippen LogP contribution in [0.3, 0.4) is 0 Å². The molecular weight excluding hydrogens is 337 g/mol. The minimum atomic E-state index is -0.662. The summed E-state index contributed by atoms with van der Waals surface area (Å²) in [6.45, 7) is 1.52. The van der Waals surface area contributed by atoms with Crippen molar-refractivity contribution in [1.29, 1.82) is 0 Å². The normalized spacial score (nSPS) is 12.3. The minimum Gasteiger partial charge on any atom is -0.348 e. The molecule has 1 amide bonds. The predicted octanol–water partition coefficient (Wildman–Crippen LogP) is 1.56. The number of nitrogens with one attached hydrogen (secondary N) is 1. The molecule has 124 valence electrons. The molecule has 0 aliphatic carbocycles. The second-order valence-electron chi connectivity index (χ2n) is 5.22. The van der Waals surface area contributed by atoms with Crippen LogP contribution in [0.25, 0.3) is 5.78 Å². The van der Waals surface area contributed by atoms with Gasteiger partial charge in [-0.15, -0.1) is 5.10 Å². The number of benzene rings is 1. The molecule has 1 atom stereocenters. The van der Waals surface area contributed by atoms with Gasteiger partial charge >= 0.3 is 5.69 Å². The SMILES string of the molecule is C[C@H](NC(=O)Cn1nc2ncc(F)cn2c1=O)c1ccc(Cl)cc1. The summed E-state index contributed by atoms with van der Waals surface area (Å²) in [7, 11) is 0. The first-order valence-electron chi connectivity index (χ1n) is 7.09. The molecule has 0 radical (unpaired) electrons. The van der Waals surface area contributed by atoms with Crippen molar-refractivity contribution in [2.24, 2.45) is 0 Å². The molecule has 0 saturated heterocycles. The summed E-state index contributed by atoms with van der Waals surface area (Å²) in [6.07, 6.45) is 1.93. The average molecular weight is 350 g/mol. The molecule has 1 N–H and O–H groups in total. The van der Waals surface area contributed by atoms with Gasteiger partial charge in [-0.2, -0.15) is 0 Å². The lowest BCUT2D eigenvalue weighted by molar-refractivity contribution is -0.122. The van der Waals surface area contributed by atoms with Gasteiger partial charge in [0, 0.05) is 5.02 Å². The van der Waals surface area contributed by atoms with Gasteiger partial charge in [0.05, 0.1) is 18.4 Å². The van der Waals surface area contributed by atoms with E-state index in [-0.39, 0.29) is 18.4 Å². The largest absolute Gasteiger partial charge is 0.352 e. The van der Waals surface area contributed by atoms with Gasteiger partial charge < -0.3 is 5.32 Å². The van der Waals surface area contributed by atoms with Crippen molar-refractivity contribution in [3.05, 3.63) is 63.5 Å². The molecule has 0 aliphatic rings. The molecule has 3 aromatic rings. The lowest BCUT2D eigenvalue weighted by atomic mass is 10.1. The van der Waals surface area contributed by atoms with Gasteiger partial charge in [-0.1, -0.05) is 23.7 Å². The number of carbonyl (C=O) groups is 1. The van der Waals surface area contributed by atoms with Gasteiger partial charge in [-0.3, -0.25) is 4.79 Å². The number of nitrogens with zero attached hydrogens (tertiary/aromatic N) is 4. The minimum absolute atomic E-state index is 0.0277. The number of hydrogen-bond acceptors (Lipinski definition) is 4. The van der Waals surface area contributed by atoms with Gasteiger partial charge in [-0.05, 0) is 24.6 Å². The lowest BCUT2D eigenvalue weighted by Crippen LogP contribution is -2.34. The van der Waals surface area contributed by atoms with E-state index in [0.717, 1.165) is 27.0 Å². The first-order chi connectivity index (χ1) is 11.4. The summed E-state index contributed by atoms with van der Waals surface area (Å²) in [6, 6.07) is 6.80. The summed E-state index contributed by atoms with van der Waals surface area (Å²) in [5.41, 5.74) is 0.241. The van der Waals surface area contributed by atoms with Crippen molar-refractivity contribution in [2.75, 3.05) is 0 Å². The zero-order chi connectivity index (χ0) is 17.3. The molecule has 2 aromatic heterocycles. The molecule has 0 spiro atoms. The highest BCUT2D eigenvalue weighted by molar-refractivity contribution is 6.30. The highest BCUT2D eigenvalue weighted by atomic mass is 35.5. The molecule has 9 heteroatoms. The van der Waals surface area contributed by atoms with Crippen LogP contribution in [-0.4, -0.2) is 25.1 Å². The monoisotopic (exact) mass is 349 g/mol. The number of rotatable bonds is 4. The molecule has 0 aliphatic heterocycles. The van der Waals surface area contributed by atoms with Crippen LogP contribution in [0.2, 0.25) is 5.02 Å². The Labute approximate surface area is 140 Å². The predicted molar refractivity (Wildman–Crippen MR) is 85.2 cm³/mol. The third kappa shape index (κ3) is 3.28. The van der Waals surface area contributed by atoms with E-state index in [2.05, 4.69) is 15.4 Å². The molecule has 1 aromatic carbocycles. The number of carbonyl (C=O) groups excluding carboxylic acids is 1. The molecule has 0 fully saturated rings. The zero-order valence-electron chi connectivity index (χ0n) is 12.6. The van der Waals surface area contributed by atoms with E-state index in [1.807, 2.05) is 6.92 Å². The van der Waals surface area contributed by atoms with Crippen molar-refractivity contribution >= 4 is 23.3 Å². The molecule has 0 bridgehead atoms. The van der Waals surface area contributed by atoms with E-state index in [9.17, 15) is 14.0 Å². The fraction of sp³-hybridized carbons (Fsp3) is 0.200. The van der Waals surface area contributed by atoms with Crippen LogP contribution in [0.5, 0.6) is 0 Å². The first kappa shape index (κ1) is 16.1. The average Bonchev–Trinajstić information content (AvgIpc) is 2.84. The lowest BCUT2D eigenvalue weighted by Gasteiger charge is -2.14. The smallest absolute Gasteiger partial charge is 0.348 e. The Morgan fingerprint density at radius 3 is 2.79 bits per heavy atom. The summed E-state index contributed by atoms with van der Waals surface area (Å²) >= 11 is 5.83. The molecule has 7 nitrogen and oxygen atoms in total. The van der Waals surface area contributed by atoms with E-state index in [0.29, 0.717) is 5.02 Å². The Morgan fingerprint density at radius 1 is 1.38 bits per heavy atom. The van der Waals surface area contributed by atoms with Crippen LogP contribution >= 0.6 is 11.6 Å². The van der Waals surface area contributed by atoms with Gasteiger partial charge in [0.25, 0.3) is 5.78 Å². The van der Waals surface area contributed by atoms with Crippen LogP contribution < -0.4 is 11.0 Å². The number of fused-ring (bicyclic) bond motifs is 1. The maximum Gasteiger partial charge on any atom is 0.352 e. The summed E-state index contributed by atoms with van der Waals surface area (Å²) < 4.78 is 15.0. The van der Waals surface area contributed by atoms with Crippen molar-refractivity contribution in [3.8, 4) is 0 Å².